The van der Waals surface area contributed by atoms with E-state index in [1.165, 1.54) is 17.1 Å². The molecule has 17 heavy (non-hydrogen) atoms. The number of nitrogens with one attached hydrogen (secondary N) is 1. The molecule has 0 atom stereocenters. The van der Waals surface area contributed by atoms with Crippen molar-refractivity contribution in [1.82, 2.24) is 20.2 Å². The maximum absolute atomic E-state index is 11.4. The van der Waals surface area contributed by atoms with Gasteiger partial charge in [-0.3, -0.25) is 4.79 Å². The van der Waals surface area contributed by atoms with Gasteiger partial charge in [0.25, 0.3) is 0 Å². The van der Waals surface area contributed by atoms with Crippen molar-refractivity contribution in [2.45, 2.75) is 6.92 Å². The molecule has 1 heterocycles. The highest BCUT2D eigenvalue weighted by atomic mass is 16.1. The third kappa shape index (κ3) is 2.75. The Morgan fingerprint density at radius 2 is 2.35 bits per heavy atom. The molecule has 0 aliphatic heterocycles. The van der Waals surface area contributed by atoms with E-state index in [0.717, 1.165) is 5.69 Å². The summed E-state index contributed by atoms with van der Waals surface area (Å²) in [7, 11) is 0. The lowest BCUT2D eigenvalue weighted by Crippen LogP contribution is -2.08. The van der Waals surface area contributed by atoms with Crippen LogP contribution in [0.15, 0.2) is 42.7 Å². The van der Waals surface area contributed by atoms with E-state index in [1.807, 2.05) is 12.1 Å². The number of hydrogen-bond acceptors (Lipinski definition) is 4. The van der Waals surface area contributed by atoms with E-state index in [4.69, 9.17) is 0 Å². The van der Waals surface area contributed by atoms with E-state index < -0.39 is 0 Å². The monoisotopic (exact) mass is 229 g/mol. The second-order valence-corrected chi connectivity index (χ2v) is 3.29. The van der Waals surface area contributed by atoms with Crippen LogP contribution in [-0.2, 0) is 4.79 Å². The molecule has 0 radical (unpaired) electrons. The number of aromatic nitrogens is 4. The van der Waals surface area contributed by atoms with E-state index in [9.17, 15) is 4.79 Å². The summed E-state index contributed by atoms with van der Waals surface area (Å²) in [5.41, 5.74) is 1.48. The molecule has 86 valence electrons. The van der Waals surface area contributed by atoms with E-state index in [2.05, 4.69) is 20.8 Å². The average molecular weight is 229 g/mol. The van der Waals surface area contributed by atoms with Gasteiger partial charge in [-0.05, 0) is 41.6 Å². The maximum atomic E-state index is 11.4. The lowest BCUT2D eigenvalue weighted by Gasteiger charge is -2.04. The molecule has 0 saturated heterocycles. The zero-order valence-electron chi connectivity index (χ0n) is 9.24. The third-order valence-corrected chi connectivity index (χ3v) is 2.05. The molecule has 2 aromatic rings. The van der Waals surface area contributed by atoms with Crippen molar-refractivity contribution in [3.05, 3.63) is 42.7 Å². The lowest BCUT2D eigenvalue weighted by molar-refractivity contribution is -0.111. The largest absolute Gasteiger partial charge is 0.322 e. The number of benzene rings is 1. The number of nitrogens with zero attached hydrogens (tertiary/aromatic N) is 4. The van der Waals surface area contributed by atoms with Crippen LogP contribution >= 0.6 is 0 Å². The summed E-state index contributed by atoms with van der Waals surface area (Å²) in [6, 6.07) is 7.26. The second-order valence-electron chi connectivity index (χ2n) is 3.29. The van der Waals surface area contributed by atoms with E-state index >= 15 is 0 Å². The molecule has 1 aromatic heterocycles. The highest BCUT2D eigenvalue weighted by molar-refractivity contribution is 5.99. The molecule has 0 spiro atoms. The van der Waals surface area contributed by atoms with Crippen LogP contribution < -0.4 is 5.32 Å². The summed E-state index contributed by atoms with van der Waals surface area (Å²) in [4.78, 5) is 11.4. The van der Waals surface area contributed by atoms with Gasteiger partial charge in [-0.2, -0.15) is 0 Å². The van der Waals surface area contributed by atoms with Crippen molar-refractivity contribution in [2.75, 3.05) is 5.32 Å². The van der Waals surface area contributed by atoms with Gasteiger partial charge in [-0.1, -0.05) is 12.1 Å². The van der Waals surface area contributed by atoms with Crippen LogP contribution in [0.25, 0.3) is 5.69 Å². The average Bonchev–Trinajstić information content (AvgIpc) is 2.83. The van der Waals surface area contributed by atoms with E-state index in [1.54, 1.807) is 25.1 Å². The topological polar surface area (TPSA) is 72.7 Å². The Morgan fingerprint density at radius 1 is 1.47 bits per heavy atom. The molecule has 0 saturated carbocycles. The fourth-order valence-electron chi connectivity index (χ4n) is 1.34. The van der Waals surface area contributed by atoms with Crippen LogP contribution in [0.5, 0.6) is 0 Å². The van der Waals surface area contributed by atoms with Gasteiger partial charge in [0.2, 0.25) is 5.91 Å². The minimum atomic E-state index is -0.165. The Labute approximate surface area is 98.0 Å². The number of carbonyl (C=O) groups excluding carboxylic acids is 1. The van der Waals surface area contributed by atoms with Gasteiger partial charge >= 0.3 is 0 Å². The summed E-state index contributed by atoms with van der Waals surface area (Å²) in [5, 5.41) is 13.6. The summed E-state index contributed by atoms with van der Waals surface area (Å²) >= 11 is 0. The van der Waals surface area contributed by atoms with Gasteiger partial charge < -0.3 is 5.32 Å². The molecule has 1 aromatic carbocycles. The molecule has 0 fully saturated rings. The predicted molar refractivity (Wildman–Crippen MR) is 62.6 cm³/mol. The van der Waals surface area contributed by atoms with Gasteiger partial charge in [-0.15, -0.1) is 5.10 Å². The highest BCUT2D eigenvalue weighted by Crippen LogP contribution is 2.13. The molecule has 1 N–H and O–H groups in total. The van der Waals surface area contributed by atoms with Crippen LogP contribution in [0.3, 0.4) is 0 Å². The van der Waals surface area contributed by atoms with Crippen LogP contribution in [0.1, 0.15) is 6.92 Å². The third-order valence-electron chi connectivity index (χ3n) is 2.05. The van der Waals surface area contributed by atoms with Gasteiger partial charge in [0.15, 0.2) is 0 Å². The molecule has 6 heteroatoms. The van der Waals surface area contributed by atoms with Gasteiger partial charge in [-0.25, -0.2) is 4.68 Å². The lowest BCUT2D eigenvalue weighted by atomic mass is 10.2. The highest BCUT2D eigenvalue weighted by Gasteiger charge is 2.01. The second kappa shape index (κ2) is 5.02. The van der Waals surface area contributed by atoms with Crippen LogP contribution in [0.2, 0.25) is 0 Å². The standard InChI is InChI=1S/C11H11N5O/c1-2-4-11(17)13-9-5-3-6-10(7-9)16-8-12-14-15-16/h2-8H,1H3,(H,13,17). The molecule has 0 unspecified atom stereocenters. The van der Waals surface area contributed by atoms with Crippen molar-refractivity contribution in [1.29, 1.82) is 0 Å². The van der Waals surface area contributed by atoms with Crippen molar-refractivity contribution >= 4 is 11.6 Å². The molecule has 0 bridgehead atoms. The minimum absolute atomic E-state index is 0.165. The van der Waals surface area contributed by atoms with Gasteiger partial charge in [0.05, 0.1) is 5.69 Å². The van der Waals surface area contributed by atoms with Gasteiger partial charge in [0.1, 0.15) is 6.33 Å². The van der Waals surface area contributed by atoms with Crippen LogP contribution in [0, 0.1) is 0 Å². The summed E-state index contributed by atoms with van der Waals surface area (Å²) in [6.45, 7) is 1.79. The van der Waals surface area contributed by atoms with Crippen molar-refractivity contribution in [2.24, 2.45) is 0 Å². The summed E-state index contributed by atoms with van der Waals surface area (Å²) < 4.78 is 1.52. The first-order valence-corrected chi connectivity index (χ1v) is 5.06. The fraction of sp³-hybridized carbons (Fsp3) is 0.0909. The number of allylic oxidation sites excluding steroid dienone is 1. The SMILES string of the molecule is CC=CC(=O)Nc1cccc(-n2cnnn2)c1. The number of carbonyl (C=O) groups is 1. The number of rotatable bonds is 3. The first kappa shape index (κ1) is 11.0. The number of anilines is 1. The molecule has 6 nitrogen and oxygen atoms in total. The summed E-state index contributed by atoms with van der Waals surface area (Å²) in [6.07, 6.45) is 4.64. The van der Waals surface area contributed by atoms with Crippen molar-refractivity contribution in [3.8, 4) is 5.69 Å². The van der Waals surface area contributed by atoms with Crippen LogP contribution in [-0.4, -0.2) is 26.1 Å². The Morgan fingerprint density at radius 3 is 3.06 bits per heavy atom. The van der Waals surface area contributed by atoms with E-state index in [0.29, 0.717) is 5.69 Å². The molecular formula is C11H11N5O. The normalized spacial score (nSPS) is 10.6. The Hall–Kier alpha value is -2.50. The van der Waals surface area contributed by atoms with E-state index in [-0.39, 0.29) is 5.91 Å². The quantitative estimate of drug-likeness (QED) is 0.802. The van der Waals surface area contributed by atoms with Crippen molar-refractivity contribution < 1.29 is 4.79 Å². The van der Waals surface area contributed by atoms with Crippen molar-refractivity contribution in [3.63, 3.8) is 0 Å². The first-order valence-electron chi connectivity index (χ1n) is 5.06. The fourth-order valence-corrected chi connectivity index (χ4v) is 1.34. The molecular weight excluding hydrogens is 218 g/mol. The minimum Gasteiger partial charge on any atom is -0.322 e. The zero-order valence-corrected chi connectivity index (χ0v) is 9.24. The smallest absolute Gasteiger partial charge is 0.248 e. The molecule has 1 amide bonds. The first-order chi connectivity index (χ1) is 8.29. The van der Waals surface area contributed by atoms with Crippen LogP contribution in [0.4, 0.5) is 5.69 Å². The maximum Gasteiger partial charge on any atom is 0.248 e. The Bertz CT molecular complexity index is 533. The number of tetrazole rings is 1. The predicted octanol–water partition coefficient (Wildman–Crippen LogP) is 1.18. The zero-order chi connectivity index (χ0) is 12.1. The molecule has 0 aliphatic rings. The van der Waals surface area contributed by atoms with Gasteiger partial charge in [0, 0.05) is 5.69 Å². The molecule has 2 rings (SSSR count). The Balaban J connectivity index is 2.20. The Kier molecular flexibility index (Phi) is 3.25. The number of hydrogen-bond donors (Lipinski definition) is 1. The molecule has 0 aliphatic carbocycles. The number of amides is 1. The summed E-state index contributed by atoms with van der Waals surface area (Å²) in [5.74, 6) is -0.165.